The van der Waals surface area contributed by atoms with E-state index < -0.39 is 10.1 Å². The van der Waals surface area contributed by atoms with Crippen molar-refractivity contribution in [2.75, 3.05) is 27.2 Å². The van der Waals surface area contributed by atoms with Crippen LogP contribution in [0.15, 0.2) is 65.8 Å². The van der Waals surface area contributed by atoms with Crippen LogP contribution >= 0.6 is 0 Å². The molecule has 3 rings (SSSR count). The van der Waals surface area contributed by atoms with Gasteiger partial charge in [-0.05, 0) is 57.4 Å². The molecule has 2 heterocycles. The Morgan fingerprint density at radius 3 is 1.85 bits per heavy atom. The standard InChI is InChI=1S/C13H11NO4S.C10H14N2O2/c1-10-2-6-13(7-3-10)19(16,17)18-12-5-4-11(9-15)14-8-12;1-12(2)5-6-14-10-4-3-9(8-13)11-7-10/h2-9H,1H3;3-4,7-8H,5-6H2,1-2H3. The number of rotatable bonds is 9. The van der Waals surface area contributed by atoms with E-state index in [-0.39, 0.29) is 16.3 Å². The van der Waals surface area contributed by atoms with Crippen LogP contribution in [0.1, 0.15) is 26.5 Å². The SMILES string of the molecule is CN(C)CCOc1ccc(C=O)nc1.Cc1ccc(S(=O)(=O)Oc2ccc(C=O)nc2)cc1. The summed E-state index contributed by atoms with van der Waals surface area (Å²) in [6, 6.07) is 12.4. The van der Waals surface area contributed by atoms with E-state index in [2.05, 4.69) is 9.97 Å². The van der Waals surface area contributed by atoms with Gasteiger partial charge < -0.3 is 13.8 Å². The summed E-state index contributed by atoms with van der Waals surface area (Å²) in [7, 11) is 0.0885. The fraction of sp³-hybridized carbons (Fsp3) is 0.217. The van der Waals surface area contributed by atoms with Crippen molar-refractivity contribution in [2.45, 2.75) is 11.8 Å². The van der Waals surface area contributed by atoms with Gasteiger partial charge in [-0.1, -0.05) is 17.7 Å². The van der Waals surface area contributed by atoms with Crippen molar-refractivity contribution in [3.63, 3.8) is 0 Å². The van der Waals surface area contributed by atoms with E-state index in [0.29, 0.717) is 30.6 Å². The molecule has 0 aliphatic rings. The number of hydrogen-bond donors (Lipinski definition) is 0. The molecule has 0 N–H and O–H groups in total. The predicted octanol–water partition coefficient (Wildman–Crippen LogP) is 2.80. The number of benzene rings is 1. The molecule has 174 valence electrons. The molecule has 0 amide bonds. The fourth-order valence-corrected chi connectivity index (χ4v) is 3.20. The minimum Gasteiger partial charge on any atom is -0.491 e. The van der Waals surface area contributed by atoms with E-state index in [0.717, 1.165) is 12.1 Å². The molecule has 1 aromatic carbocycles. The molecule has 0 radical (unpaired) electrons. The van der Waals surface area contributed by atoms with Crippen molar-refractivity contribution in [3.8, 4) is 11.5 Å². The Bertz CT molecular complexity index is 1130. The predicted molar refractivity (Wildman–Crippen MR) is 122 cm³/mol. The van der Waals surface area contributed by atoms with Crippen molar-refractivity contribution in [1.29, 1.82) is 0 Å². The third-order valence-electron chi connectivity index (χ3n) is 4.08. The van der Waals surface area contributed by atoms with Gasteiger partial charge in [-0.15, -0.1) is 0 Å². The summed E-state index contributed by atoms with van der Waals surface area (Å²) in [5, 5.41) is 0. The summed E-state index contributed by atoms with van der Waals surface area (Å²) in [5.74, 6) is 0.753. The Hall–Kier alpha value is -3.63. The topological polar surface area (TPSA) is 116 Å². The van der Waals surface area contributed by atoms with Crippen molar-refractivity contribution in [1.82, 2.24) is 14.9 Å². The molecule has 2 aromatic heterocycles. The molecule has 3 aromatic rings. The van der Waals surface area contributed by atoms with Crippen LogP contribution < -0.4 is 8.92 Å². The monoisotopic (exact) mass is 471 g/mol. The average Bonchev–Trinajstić information content (AvgIpc) is 2.80. The number of carbonyl (C=O) groups excluding carboxylic acids is 2. The quantitative estimate of drug-likeness (QED) is 0.343. The van der Waals surface area contributed by atoms with Crippen LogP contribution in [0.25, 0.3) is 0 Å². The molecule has 9 nitrogen and oxygen atoms in total. The van der Waals surface area contributed by atoms with Gasteiger partial charge >= 0.3 is 10.1 Å². The maximum Gasteiger partial charge on any atom is 0.339 e. The van der Waals surface area contributed by atoms with E-state index in [1.54, 1.807) is 30.5 Å². The normalized spacial score (nSPS) is 10.7. The van der Waals surface area contributed by atoms with Crippen LogP contribution in [0, 0.1) is 6.92 Å². The van der Waals surface area contributed by atoms with Gasteiger partial charge in [0.25, 0.3) is 0 Å². The van der Waals surface area contributed by atoms with Crippen molar-refractivity contribution < 1.29 is 26.9 Å². The Morgan fingerprint density at radius 2 is 1.39 bits per heavy atom. The Kier molecular flexibility index (Phi) is 9.64. The first-order valence-electron chi connectivity index (χ1n) is 9.84. The molecule has 0 aliphatic heterocycles. The minimum atomic E-state index is -3.88. The number of aromatic nitrogens is 2. The van der Waals surface area contributed by atoms with Gasteiger partial charge in [-0.25, -0.2) is 9.97 Å². The smallest absolute Gasteiger partial charge is 0.339 e. The Balaban J connectivity index is 0.000000245. The Labute approximate surface area is 193 Å². The van der Waals surface area contributed by atoms with Gasteiger partial charge in [-0.3, -0.25) is 9.59 Å². The van der Waals surface area contributed by atoms with Crippen molar-refractivity contribution >= 4 is 22.7 Å². The molecule has 0 bridgehead atoms. The van der Waals surface area contributed by atoms with Crippen LogP contribution in [0.2, 0.25) is 0 Å². The minimum absolute atomic E-state index is 0.0613. The maximum atomic E-state index is 11.9. The van der Waals surface area contributed by atoms with Gasteiger partial charge in [0, 0.05) is 6.54 Å². The molecule has 0 fully saturated rings. The lowest BCUT2D eigenvalue weighted by molar-refractivity contribution is 0.111. The highest BCUT2D eigenvalue weighted by molar-refractivity contribution is 7.87. The molecule has 0 saturated heterocycles. The van der Waals surface area contributed by atoms with Crippen LogP contribution in [-0.4, -0.2) is 63.1 Å². The molecule has 0 unspecified atom stereocenters. The maximum absolute atomic E-state index is 11.9. The molecular formula is C23H25N3O6S. The number of pyridine rings is 2. The van der Waals surface area contributed by atoms with E-state index >= 15 is 0 Å². The third kappa shape index (κ3) is 8.79. The molecule has 33 heavy (non-hydrogen) atoms. The highest BCUT2D eigenvalue weighted by Gasteiger charge is 2.16. The number of ether oxygens (including phenoxy) is 1. The van der Waals surface area contributed by atoms with Crippen molar-refractivity contribution in [2.24, 2.45) is 0 Å². The second-order valence-electron chi connectivity index (χ2n) is 7.08. The fourth-order valence-electron chi connectivity index (χ4n) is 2.28. The lowest BCUT2D eigenvalue weighted by Crippen LogP contribution is -2.19. The van der Waals surface area contributed by atoms with Crippen LogP contribution in [0.3, 0.4) is 0 Å². The lowest BCUT2D eigenvalue weighted by atomic mass is 10.2. The zero-order chi connectivity index (χ0) is 24.3. The average molecular weight is 472 g/mol. The third-order valence-corrected chi connectivity index (χ3v) is 5.34. The Morgan fingerprint density at radius 1 is 0.848 bits per heavy atom. The summed E-state index contributed by atoms with van der Waals surface area (Å²) in [6.45, 7) is 3.34. The highest BCUT2D eigenvalue weighted by atomic mass is 32.2. The van der Waals surface area contributed by atoms with E-state index in [1.165, 1.54) is 30.5 Å². The number of aryl methyl sites for hydroxylation is 1. The summed E-state index contributed by atoms with van der Waals surface area (Å²) in [4.78, 5) is 30.5. The first-order chi connectivity index (χ1) is 15.7. The number of likely N-dealkylation sites (N-methyl/N-ethyl adjacent to an activating group) is 1. The van der Waals surface area contributed by atoms with E-state index in [9.17, 15) is 18.0 Å². The van der Waals surface area contributed by atoms with Crippen LogP contribution in [0.5, 0.6) is 11.5 Å². The number of aldehydes is 2. The van der Waals surface area contributed by atoms with Crippen LogP contribution in [0.4, 0.5) is 0 Å². The van der Waals surface area contributed by atoms with Gasteiger partial charge in [0.2, 0.25) is 0 Å². The summed E-state index contributed by atoms with van der Waals surface area (Å²) in [6.07, 6.45) is 4.02. The number of hydrogen-bond acceptors (Lipinski definition) is 9. The largest absolute Gasteiger partial charge is 0.491 e. The summed E-state index contributed by atoms with van der Waals surface area (Å²) >= 11 is 0. The molecular weight excluding hydrogens is 446 g/mol. The molecule has 0 aliphatic carbocycles. The second kappa shape index (κ2) is 12.4. The van der Waals surface area contributed by atoms with Gasteiger partial charge in [0.05, 0.1) is 12.4 Å². The first-order valence-corrected chi connectivity index (χ1v) is 11.3. The second-order valence-corrected chi connectivity index (χ2v) is 8.62. The zero-order valence-corrected chi connectivity index (χ0v) is 19.4. The molecule has 10 heteroatoms. The van der Waals surface area contributed by atoms with Gasteiger partial charge in [0.15, 0.2) is 18.3 Å². The van der Waals surface area contributed by atoms with Crippen molar-refractivity contribution in [3.05, 3.63) is 77.9 Å². The molecule has 0 spiro atoms. The number of nitrogens with zero attached hydrogens (tertiary/aromatic N) is 3. The zero-order valence-electron chi connectivity index (χ0n) is 18.5. The van der Waals surface area contributed by atoms with E-state index in [1.807, 2.05) is 25.9 Å². The summed E-state index contributed by atoms with van der Waals surface area (Å²) in [5.41, 5.74) is 1.58. The number of carbonyl (C=O) groups is 2. The first kappa shape index (κ1) is 25.6. The van der Waals surface area contributed by atoms with Gasteiger partial charge in [0.1, 0.15) is 28.6 Å². The molecule has 0 atom stereocenters. The van der Waals surface area contributed by atoms with E-state index in [4.69, 9.17) is 8.92 Å². The summed E-state index contributed by atoms with van der Waals surface area (Å²) < 4.78 is 34.2. The molecule has 0 saturated carbocycles. The highest BCUT2D eigenvalue weighted by Crippen LogP contribution is 2.18. The van der Waals surface area contributed by atoms with Crippen LogP contribution in [-0.2, 0) is 10.1 Å². The lowest BCUT2D eigenvalue weighted by Gasteiger charge is -2.10. The van der Waals surface area contributed by atoms with Gasteiger partial charge in [-0.2, -0.15) is 8.42 Å².